The van der Waals surface area contributed by atoms with Crippen molar-refractivity contribution >= 4 is 23.4 Å². The normalized spacial score (nSPS) is 14.2. The summed E-state index contributed by atoms with van der Waals surface area (Å²) in [4.78, 5) is 28.1. The second-order valence-corrected chi connectivity index (χ2v) is 6.31. The zero-order valence-corrected chi connectivity index (χ0v) is 14.8. The van der Waals surface area contributed by atoms with Crippen LogP contribution >= 0.6 is 11.6 Å². The minimum absolute atomic E-state index is 0.0351. The number of hydrogen-bond acceptors (Lipinski definition) is 3. The average Bonchev–Trinajstić information content (AvgIpc) is 2.67. The number of ether oxygens (including phenoxy) is 1. The van der Waals surface area contributed by atoms with Gasteiger partial charge in [-0.3, -0.25) is 9.59 Å². The third kappa shape index (κ3) is 4.32. The van der Waals surface area contributed by atoms with Crippen LogP contribution in [0.2, 0.25) is 5.02 Å². The standard InChI is InChI=1S/C19H18ClFN2O3/c20-16-12-15(21)6-7-17(16)26-13-18(24)22-8-10-23(11-9-22)19(25)14-4-2-1-3-5-14/h1-7,12H,8-11,13H2. The molecule has 2 aromatic carbocycles. The van der Waals surface area contributed by atoms with Crippen LogP contribution in [-0.2, 0) is 4.79 Å². The summed E-state index contributed by atoms with van der Waals surface area (Å²) in [5, 5.41) is 0.121. The van der Waals surface area contributed by atoms with Crippen molar-refractivity contribution in [3.8, 4) is 5.75 Å². The first-order chi connectivity index (χ1) is 12.5. The molecule has 7 heteroatoms. The number of carbonyl (C=O) groups is 2. The highest BCUT2D eigenvalue weighted by Crippen LogP contribution is 2.24. The van der Waals surface area contributed by atoms with E-state index in [0.29, 0.717) is 31.7 Å². The lowest BCUT2D eigenvalue weighted by molar-refractivity contribution is -0.134. The molecule has 3 rings (SSSR count). The molecule has 0 N–H and O–H groups in total. The van der Waals surface area contributed by atoms with Crippen molar-refractivity contribution in [2.75, 3.05) is 32.8 Å². The second-order valence-electron chi connectivity index (χ2n) is 5.90. The third-order valence-corrected chi connectivity index (χ3v) is 4.48. The van der Waals surface area contributed by atoms with Crippen LogP contribution < -0.4 is 4.74 Å². The third-order valence-electron chi connectivity index (χ3n) is 4.19. The maximum atomic E-state index is 13.0. The molecule has 1 aliphatic rings. The van der Waals surface area contributed by atoms with E-state index in [9.17, 15) is 14.0 Å². The van der Waals surface area contributed by atoms with Crippen molar-refractivity contribution in [2.24, 2.45) is 0 Å². The molecule has 1 fully saturated rings. The lowest BCUT2D eigenvalue weighted by atomic mass is 10.2. The Kier molecular flexibility index (Phi) is 5.73. The van der Waals surface area contributed by atoms with Crippen LogP contribution in [0.1, 0.15) is 10.4 Å². The van der Waals surface area contributed by atoms with E-state index in [1.165, 1.54) is 12.1 Å². The molecular weight excluding hydrogens is 359 g/mol. The van der Waals surface area contributed by atoms with Gasteiger partial charge in [-0.2, -0.15) is 0 Å². The zero-order chi connectivity index (χ0) is 18.5. The predicted molar refractivity (Wildman–Crippen MR) is 95.8 cm³/mol. The molecule has 0 aliphatic carbocycles. The van der Waals surface area contributed by atoms with Crippen molar-refractivity contribution in [1.82, 2.24) is 9.80 Å². The number of nitrogens with zero attached hydrogens (tertiary/aromatic N) is 2. The van der Waals surface area contributed by atoms with Gasteiger partial charge in [0.1, 0.15) is 11.6 Å². The van der Waals surface area contributed by atoms with Crippen LogP contribution in [-0.4, -0.2) is 54.4 Å². The highest BCUT2D eigenvalue weighted by Gasteiger charge is 2.25. The van der Waals surface area contributed by atoms with Gasteiger partial charge in [0, 0.05) is 31.7 Å². The Bertz CT molecular complexity index is 793. The summed E-state index contributed by atoms with van der Waals surface area (Å²) >= 11 is 5.88. The number of rotatable bonds is 4. The van der Waals surface area contributed by atoms with Crippen LogP contribution in [0, 0.1) is 5.82 Å². The van der Waals surface area contributed by atoms with E-state index in [0.717, 1.165) is 6.07 Å². The van der Waals surface area contributed by atoms with E-state index in [-0.39, 0.29) is 29.2 Å². The Labute approximate surface area is 155 Å². The van der Waals surface area contributed by atoms with E-state index >= 15 is 0 Å². The molecule has 0 atom stereocenters. The smallest absolute Gasteiger partial charge is 0.260 e. The summed E-state index contributed by atoms with van der Waals surface area (Å²) in [5.41, 5.74) is 0.640. The van der Waals surface area contributed by atoms with Crippen LogP contribution in [0.5, 0.6) is 5.75 Å². The molecule has 0 unspecified atom stereocenters. The quantitative estimate of drug-likeness (QED) is 0.824. The molecule has 5 nitrogen and oxygen atoms in total. The summed E-state index contributed by atoms with van der Waals surface area (Å²) in [6.07, 6.45) is 0. The Morgan fingerprint density at radius 1 is 1.00 bits per heavy atom. The molecule has 26 heavy (non-hydrogen) atoms. The summed E-state index contributed by atoms with van der Waals surface area (Å²) in [6, 6.07) is 12.8. The van der Waals surface area contributed by atoms with Crippen LogP contribution in [0.25, 0.3) is 0 Å². The fraction of sp³-hybridized carbons (Fsp3) is 0.263. The second kappa shape index (κ2) is 8.19. The molecule has 0 spiro atoms. The van der Waals surface area contributed by atoms with Gasteiger partial charge < -0.3 is 14.5 Å². The molecule has 0 radical (unpaired) electrons. The SMILES string of the molecule is O=C(COc1ccc(F)cc1Cl)N1CCN(C(=O)c2ccccc2)CC1. The Morgan fingerprint density at radius 2 is 1.65 bits per heavy atom. The summed E-state index contributed by atoms with van der Waals surface area (Å²) < 4.78 is 18.4. The molecular formula is C19H18ClFN2O3. The predicted octanol–water partition coefficient (Wildman–Crippen LogP) is 2.84. The fourth-order valence-corrected chi connectivity index (χ4v) is 2.97. The van der Waals surface area contributed by atoms with E-state index in [4.69, 9.17) is 16.3 Å². The van der Waals surface area contributed by atoms with Gasteiger partial charge in [0.15, 0.2) is 6.61 Å². The zero-order valence-electron chi connectivity index (χ0n) is 14.0. The van der Waals surface area contributed by atoms with E-state index in [1.54, 1.807) is 21.9 Å². The number of amides is 2. The first-order valence-corrected chi connectivity index (χ1v) is 8.62. The molecule has 1 heterocycles. The maximum absolute atomic E-state index is 13.0. The van der Waals surface area contributed by atoms with Crippen LogP contribution in [0.15, 0.2) is 48.5 Å². The van der Waals surface area contributed by atoms with Crippen molar-refractivity contribution < 1.29 is 18.7 Å². The Morgan fingerprint density at radius 3 is 2.31 bits per heavy atom. The number of carbonyl (C=O) groups excluding carboxylic acids is 2. The molecule has 2 amide bonds. The van der Waals surface area contributed by atoms with Crippen molar-refractivity contribution in [2.45, 2.75) is 0 Å². The molecule has 2 aromatic rings. The number of hydrogen-bond donors (Lipinski definition) is 0. The van der Waals surface area contributed by atoms with E-state index in [2.05, 4.69) is 0 Å². The number of benzene rings is 2. The van der Waals surface area contributed by atoms with Crippen molar-refractivity contribution in [3.63, 3.8) is 0 Å². The Hall–Kier alpha value is -2.60. The Balaban J connectivity index is 1.50. The number of piperazine rings is 1. The lowest BCUT2D eigenvalue weighted by Crippen LogP contribution is -2.51. The van der Waals surface area contributed by atoms with E-state index < -0.39 is 5.82 Å². The average molecular weight is 377 g/mol. The van der Waals surface area contributed by atoms with Gasteiger partial charge in [-0.1, -0.05) is 29.8 Å². The monoisotopic (exact) mass is 376 g/mol. The topological polar surface area (TPSA) is 49.9 Å². The van der Waals surface area contributed by atoms with Gasteiger partial charge in [0.2, 0.25) is 0 Å². The van der Waals surface area contributed by atoms with Crippen LogP contribution in [0.3, 0.4) is 0 Å². The first-order valence-electron chi connectivity index (χ1n) is 8.24. The molecule has 0 aromatic heterocycles. The molecule has 136 valence electrons. The molecule has 0 saturated carbocycles. The van der Waals surface area contributed by atoms with Gasteiger partial charge in [-0.25, -0.2) is 4.39 Å². The largest absolute Gasteiger partial charge is 0.482 e. The van der Waals surface area contributed by atoms with Gasteiger partial charge >= 0.3 is 0 Å². The van der Waals surface area contributed by atoms with E-state index in [1.807, 2.05) is 18.2 Å². The maximum Gasteiger partial charge on any atom is 0.260 e. The highest BCUT2D eigenvalue weighted by molar-refractivity contribution is 6.32. The molecule has 0 bridgehead atoms. The van der Waals surface area contributed by atoms with Gasteiger partial charge in [-0.05, 0) is 30.3 Å². The summed E-state index contributed by atoms with van der Waals surface area (Å²) in [7, 11) is 0. The highest BCUT2D eigenvalue weighted by atomic mass is 35.5. The van der Waals surface area contributed by atoms with Gasteiger partial charge in [0.25, 0.3) is 11.8 Å². The van der Waals surface area contributed by atoms with Gasteiger partial charge in [0.05, 0.1) is 5.02 Å². The van der Waals surface area contributed by atoms with Gasteiger partial charge in [-0.15, -0.1) is 0 Å². The lowest BCUT2D eigenvalue weighted by Gasteiger charge is -2.34. The first kappa shape index (κ1) is 18.2. The van der Waals surface area contributed by atoms with Crippen molar-refractivity contribution in [1.29, 1.82) is 0 Å². The van der Waals surface area contributed by atoms with Crippen LogP contribution in [0.4, 0.5) is 4.39 Å². The molecule has 1 aliphatic heterocycles. The number of halogens is 2. The minimum atomic E-state index is -0.465. The van der Waals surface area contributed by atoms with Crippen molar-refractivity contribution in [3.05, 3.63) is 64.9 Å². The minimum Gasteiger partial charge on any atom is -0.482 e. The fourth-order valence-electron chi connectivity index (χ4n) is 2.75. The molecule has 1 saturated heterocycles. The summed E-state index contributed by atoms with van der Waals surface area (Å²) in [5.74, 6) is -0.434. The summed E-state index contributed by atoms with van der Waals surface area (Å²) in [6.45, 7) is 1.64.